The molecule has 7 heteroatoms. The maximum Gasteiger partial charge on any atom is 0.270 e. The molecule has 0 unspecified atom stereocenters. The van der Waals surface area contributed by atoms with Gasteiger partial charge < -0.3 is 0 Å². The molecule has 0 aliphatic rings. The average Bonchev–Trinajstić information content (AvgIpc) is 3.00. The van der Waals surface area contributed by atoms with E-state index in [1.807, 2.05) is 18.4 Å². The predicted octanol–water partition coefficient (Wildman–Crippen LogP) is 4.70. The third kappa shape index (κ3) is 4.36. The average molecular weight is 318 g/mol. The summed E-state index contributed by atoms with van der Waals surface area (Å²) in [4.78, 5) is 14.8. The summed E-state index contributed by atoms with van der Waals surface area (Å²) >= 11 is 1.43. The molecule has 1 aromatic heterocycles. The second-order valence-electron chi connectivity index (χ2n) is 4.91. The SMILES string of the molecule is CCCC/C(C)=N/Nc1nc(-c2cccc([N+](=O)[O-])c2)cs1. The molecule has 0 saturated heterocycles. The monoisotopic (exact) mass is 318 g/mol. The van der Waals surface area contributed by atoms with E-state index in [1.165, 1.54) is 23.5 Å². The van der Waals surface area contributed by atoms with Crippen molar-refractivity contribution >= 4 is 27.9 Å². The van der Waals surface area contributed by atoms with Gasteiger partial charge in [0.25, 0.3) is 5.69 Å². The van der Waals surface area contributed by atoms with Gasteiger partial charge in [-0.15, -0.1) is 11.3 Å². The topological polar surface area (TPSA) is 80.4 Å². The molecule has 1 N–H and O–H groups in total. The molecule has 116 valence electrons. The molecule has 1 aromatic carbocycles. The first-order valence-electron chi connectivity index (χ1n) is 7.09. The summed E-state index contributed by atoms with van der Waals surface area (Å²) in [6, 6.07) is 6.46. The van der Waals surface area contributed by atoms with Crippen LogP contribution in [-0.4, -0.2) is 15.6 Å². The zero-order valence-electron chi connectivity index (χ0n) is 12.6. The van der Waals surface area contributed by atoms with Gasteiger partial charge in [-0.05, 0) is 19.8 Å². The van der Waals surface area contributed by atoms with Gasteiger partial charge in [-0.2, -0.15) is 5.10 Å². The molecule has 0 atom stereocenters. The number of thiazole rings is 1. The highest BCUT2D eigenvalue weighted by Crippen LogP contribution is 2.27. The quantitative estimate of drug-likeness (QED) is 0.456. The van der Waals surface area contributed by atoms with E-state index in [-0.39, 0.29) is 5.69 Å². The van der Waals surface area contributed by atoms with Crippen molar-refractivity contribution in [2.24, 2.45) is 5.10 Å². The summed E-state index contributed by atoms with van der Waals surface area (Å²) in [6.45, 7) is 4.13. The van der Waals surface area contributed by atoms with Crippen LogP contribution in [0.4, 0.5) is 10.8 Å². The normalized spacial score (nSPS) is 11.5. The summed E-state index contributed by atoms with van der Waals surface area (Å²) in [5.41, 5.74) is 5.47. The van der Waals surface area contributed by atoms with E-state index in [9.17, 15) is 10.1 Å². The lowest BCUT2D eigenvalue weighted by molar-refractivity contribution is -0.384. The Hall–Kier alpha value is -2.28. The molecule has 0 amide bonds. The molecule has 6 nitrogen and oxygen atoms in total. The minimum Gasteiger partial charge on any atom is -0.258 e. The molecule has 0 aliphatic carbocycles. The minimum atomic E-state index is -0.406. The van der Waals surface area contributed by atoms with Gasteiger partial charge in [0.1, 0.15) is 0 Å². The predicted molar refractivity (Wildman–Crippen MR) is 90.5 cm³/mol. The fraction of sp³-hybridized carbons (Fsp3) is 0.333. The van der Waals surface area contributed by atoms with E-state index in [0.29, 0.717) is 10.8 Å². The van der Waals surface area contributed by atoms with Crippen LogP contribution in [0, 0.1) is 10.1 Å². The number of benzene rings is 1. The van der Waals surface area contributed by atoms with E-state index < -0.39 is 4.92 Å². The zero-order chi connectivity index (χ0) is 15.9. The number of hydrazone groups is 1. The summed E-state index contributed by atoms with van der Waals surface area (Å²) in [6.07, 6.45) is 3.22. The number of nitro groups is 1. The first kappa shape index (κ1) is 16.1. The Balaban J connectivity index is 2.08. The van der Waals surface area contributed by atoms with Gasteiger partial charge in [0.05, 0.1) is 10.6 Å². The van der Waals surface area contributed by atoms with Crippen LogP contribution < -0.4 is 5.43 Å². The van der Waals surface area contributed by atoms with E-state index >= 15 is 0 Å². The van der Waals surface area contributed by atoms with E-state index in [0.717, 1.165) is 30.5 Å². The lowest BCUT2D eigenvalue weighted by Gasteiger charge is -1.99. The van der Waals surface area contributed by atoms with Crippen molar-refractivity contribution in [3.8, 4) is 11.3 Å². The molecular weight excluding hydrogens is 300 g/mol. The fourth-order valence-corrected chi connectivity index (χ4v) is 2.53. The molecule has 0 spiro atoms. The van der Waals surface area contributed by atoms with Crippen LogP contribution in [0.25, 0.3) is 11.3 Å². The number of nitro benzene ring substituents is 1. The Morgan fingerprint density at radius 2 is 2.32 bits per heavy atom. The van der Waals surface area contributed by atoms with Crippen LogP contribution in [0.1, 0.15) is 33.1 Å². The number of aromatic nitrogens is 1. The highest BCUT2D eigenvalue weighted by molar-refractivity contribution is 7.14. The second-order valence-corrected chi connectivity index (χ2v) is 5.77. The Morgan fingerprint density at radius 3 is 3.05 bits per heavy atom. The number of non-ortho nitro benzene ring substituents is 1. The molecule has 0 fully saturated rings. The number of rotatable bonds is 7. The van der Waals surface area contributed by atoms with Gasteiger partial charge in [-0.3, -0.25) is 15.5 Å². The summed E-state index contributed by atoms with van der Waals surface area (Å²) in [7, 11) is 0. The summed E-state index contributed by atoms with van der Waals surface area (Å²) < 4.78 is 0. The molecule has 22 heavy (non-hydrogen) atoms. The Morgan fingerprint density at radius 1 is 1.50 bits per heavy atom. The number of hydrogen-bond acceptors (Lipinski definition) is 6. The largest absolute Gasteiger partial charge is 0.270 e. The molecule has 2 rings (SSSR count). The maximum absolute atomic E-state index is 10.8. The van der Waals surface area contributed by atoms with Crippen molar-refractivity contribution in [3.63, 3.8) is 0 Å². The van der Waals surface area contributed by atoms with Crippen molar-refractivity contribution < 1.29 is 4.92 Å². The number of unbranched alkanes of at least 4 members (excludes halogenated alkanes) is 1. The molecule has 0 bridgehead atoms. The van der Waals surface area contributed by atoms with E-state index in [4.69, 9.17) is 0 Å². The molecular formula is C15H18N4O2S. The molecule has 0 radical (unpaired) electrons. The summed E-state index contributed by atoms with van der Waals surface area (Å²) in [5, 5.41) is 17.6. The zero-order valence-corrected chi connectivity index (χ0v) is 13.4. The lowest BCUT2D eigenvalue weighted by atomic mass is 10.1. The number of nitrogens with zero attached hydrogens (tertiary/aromatic N) is 3. The van der Waals surface area contributed by atoms with Gasteiger partial charge in [0.2, 0.25) is 5.13 Å². The van der Waals surface area contributed by atoms with Crippen molar-refractivity contribution in [1.82, 2.24) is 4.98 Å². The van der Waals surface area contributed by atoms with E-state index in [2.05, 4.69) is 22.4 Å². The molecule has 0 aliphatic heterocycles. The van der Waals surface area contributed by atoms with Gasteiger partial charge >= 0.3 is 0 Å². The number of anilines is 1. The van der Waals surface area contributed by atoms with Crippen LogP contribution in [-0.2, 0) is 0 Å². The van der Waals surface area contributed by atoms with Crippen molar-refractivity contribution in [2.45, 2.75) is 33.1 Å². The Labute approximate surface area is 133 Å². The maximum atomic E-state index is 10.8. The number of nitrogens with one attached hydrogen (secondary N) is 1. The standard InChI is InChI=1S/C15H18N4O2S/c1-3-4-6-11(2)17-18-15-16-14(10-22-15)12-7-5-8-13(9-12)19(20)21/h5,7-10H,3-4,6H2,1-2H3,(H,16,18)/b17-11+. The number of hydrogen-bond donors (Lipinski definition) is 1. The van der Waals surface area contributed by atoms with Gasteiger partial charge in [-0.1, -0.05) is 25.5 Å². The van der Waals surface area contributed by atoms with Crippen LogP contribution in [0.5, 0.6) is 0 Å². The lowest BCUT2D eigenvalue weighted by Crippen LogP contribution is -1.97. The molecule has 1 heterocycles. The fourth-order valence-electron chi connectivity index (χ4n) is 1.87. The highest BCUT2D eigenvalue weighted by atomic mass is 32.1. The van der Waals surface area contributed by atoms with Crippen LogP contribution >= 0.6 is 11.3 Å². The highest BCUT2D eigenvalue weighted by Gasteiger charge is 2.09. The summed E-state index contributed by atoms with van der Waals surface area (Å²) in [5.74, 6) is 0. The minimum absolute atomic E-state index is 0.0634. The van der Waals surface area contributed by atoms with Crippen molar-refractivity contribution in [1.29, 1.82) is 0 Å². The van der Waals surface area contributed by atoms with Crippen LogP contribution in [0.3, 0.4) is 0 Å². The second kappa shape index (κ2) is 7.65. The first-order valence-corrected chi connectivity index (χ1v) is 7.97. The Kier molecular flexibility index (Phi) is 5.60. The van der Waals surface area contributed by atoms with Crippen LogP contribution in [0.15, 0.2) is 34.7 Å². The van der Waals surface area contributed by atoms with Gasteiger partial charge in [0.15, 0.2) is 0 Å². The Bertz CT molecular complexity index is 682. The third-order valence-electron chi connectivity index (χ3n) is 3.09. The van der Waals surface area contributed by atoms with E-state index in [1.54, 1.807) is 6.07 Å². The third-order valence-corrected chi connectivity index (χ3v) is 3.84. The van der Waals surface area contributed by atoms with Crippen molar-refractivity contribution in [2.75, 3.05) is 5.43 Å². The molecule has 0 saturated carbocycles. The first-order chi connectivity index (χ1) is 10.6. The van der Waals surface area contributed by atoms with Gasteiger partial charge in [0, 0.05) is 28.8 Å². The van der Waals surface area contributed by atoms with Crippen molar-refractivity contribution in [3.05, 3.63) is 39.8 Å². The smallest absolute Gasteiger partial charge is 0.258 e. The molecule has 2 aromatic rings. The van der Waals surface area contributed by atoms with Crippen LogP contribution in [0.2, 0.25) is 0 Å². The van der Waals surface area contributed by atoms with Gasteiger partial charge in [-0.25, -0.2) is 4.98 Å².